The van der Waals surface area contributed by atoms with Crippen molar-refractivity contribution in [3.8, 4) is 11.5 Å². The van der Waals surface area contributed by atoms with Gasteiger partial charge in [-0.05, 0) is 42.2 Å². The molecular weight excluding hydrogens is 293 g/mol. The third-order valence-corrected chi connectivity index (χ3v) is 3.86. The number of nitrogen functional groups attached to an aromatic ring is 1. The molecule has 0 radical (unpaired) electrons. The molecule has 0 fully saturated rings. The molecule has 2 nitrogen and oxygen atoms in total. The van der Waals surface area contributed by atoms with Crippen LogP contribution in [-0.4, -0.2) is 0 Å². The molecule has 0 aliphatic heterocycles. The van der Waals surface area contributed by atoms with E-state index in [0.29, 0.717) is 33.1 Å². The Morgan fingerprint density at radius 2 is 1.65 bits per heavy atom. The number of ether oxygens (including phenoxy) is 1. The molecule has 0 bridgehead atoms. The number of hydrogen-bond donors (Lipinski definition) is 1. The Kier molecular flexibility index (Phi) is 4.79. The van der Waals surface area contributed by atoms with E-state index in [9.17, 15) is 0 Å². The molecule has 0 aliphatic rings. The Morgan fingerprint density at radius 3 is 2.15 bits per heavy atom. The van der Waals surface area contributed by atoms with Crippen LogP contribution in [0.4, 0.5) is 5.69 Å². The number of hydrogen-bond acceptors (Lipinski definition) is 2. The van der Waals surface area contributed by atoms with Crippen LogP contribution in [0, 0.1) is 0 Å². The number of halogens is 2. The number of rotatable bonds is 4. The van der Waals surface area contributed by atoms with Crippen LogP contribution in [0.3, 0.4) is 0 Å². The van der Waals surface area contributed by atoms with Gasteiger partial charge in [0.05, 0.1) is 10.0 Å². The lowest BCUT2D eigenvalue weighted by Gasteiger charge is -2.12. The van der Waals surface area contributed by atoms with Crippen molar-refractivity contribution in [3.63, 3.8) is 0 Å². The van der Waals surface area contributed by atoms with Gasteiger partial charge in [0.2, 0.25) is 0 Å². The molecule has 0 aromatic heterocycles. The van der Waals surface area contributed by atoms with E-state index >= 15 is 0 Å². The zero-order chi connectivity index (χ0) is 14.7. The topological polar surface area (TPSA) is 35.2 Å². The Hall–Kier alpha value is -1.38. The molecule has 2 rings (SSSR count). The molecular formula is C16H17Cl2NO. The standard InChI is InChI=1S/C16H17Cl2NO/c1-3-10(2)11-4-6-13(7-5-11)20-16-14(17)8-12(19)9-15(16)18/h4-10H,3,19H2,1-2H3. The second kappa shape index (κ2) is 6.38. The maximum Gasteiger partial charge on any atom is 0.164 e. The van der Waals surface area contributed by atoms with Crippen LogP contribution < -0.4 is 10.5 Å². The molecule has 1 atom stereocenters. The average molecular weight is 310 g/mol. The summed E-state index contributed by atoms with van der Waals surface area (Å²) in [5, 5.41) is 0.807. The molecule has 2 aromatic carbocycles. The lowest BCUT2D eigenvalue weighted by Crippen LogP contribution is -1.93. The van der Waals surface area contributed by atoms with Gasteiger partial charge in [-0.2, -0.15) is 0 Å². The highest BCUT2D eigenvalue weighted by atomic mass is 35.5. The lowest BCUT2D eigenvalue weighted by atomic mass is 9.99. The normalized spacial score (nSPS) is 12.2. The molecule has 20 heavy (non-hydrogen) atoms. The van der Waals surface area contributed by atoms with Gasteiger partial charge < -0.3 is 10.5 Å². The summed E-state index contributed by atoms with van der Waals surface area (Å²) in [7, 11) is 0. The zero-order valence-corrected chi connectivity index (χ0v) is 13.0. The number of benzene rings is 2. The van der Waals surface area contributed by atoms with Crippen LogP contribution in [0.2, 0.25) is 10.0 Å². The van der Waals surface area contributed by atoms with E-state index < -0.39 is 0 Å². The third-order valence-electron chi connectivity index (χ3n) is 3.30. The summed E-state index contributed by atoms with van der Waals surface area (Å²) < 4.78 is 5.74. The van der Waals surface area contributed by atoms with Crippen molar-refractivity contribution >= 4 is 28.9 Å². The lowest BCUT2D eigenvalue weighted by molar-refractivity contribution is 0.483. The molecule has 0 aliphatic carbocycles. The van der Waals surface area contributed by atoms with Crippen molar-refractivity contribution in [1.82, 2.24) is 0 Å². The van der Waals surface area contributed by atoms with Gasteiger partial charge in [0.15, 0.2) is 5.75 Å². The Labute approximate surface area is 129 Å². The molecule has 1 unspecified atom stereocenters. The molecule has 0 saturated carbocycles. The molecule has 0 heterocycles. The first-order valence-electron chi connectivity index (χ1n) is 6.53. The van der Waals surface area contributed by atoms with Crippen LogP contribution >= 0.6 is 23.2 Å². The SMILES string of the molecule is CCC(C)c1ccc(Oc2c(Cl)cc(N)cc2Cl)cc1. The van der Waals surface area contributed by atoms with Gasteiger partial charge in [-0.3, -0.25) is 0 Å². The fourth-order valence-corrected chi connectivity index (χ4v) is 2.48. The summed E-state index contributed by atoms with van der Waals surface area (Å²) in [5.41, 5.74) is 7.47. The van der Waals surface area contributed by atoms with E-state index in [0.717, 1.165) is 6.42 Å². The van der Waals surface area contributed by atoms with Gasteiger partial charge in [0.25, 0.3) is 0 Å². The van der Waals surface area contributed by atoms with Crippen LogP contribution in [-0.2, 0) is 0 Å². The minimum absolute atomic E-state index is 0.404. The van der Waals surface area contributed by atoms with Crippen molar-refractivity contribution in [1.29, 1.82) is 0 Å². The largest absolute Gasteiger partial charge is 0.454 e. The second-order valence-electron chi connectivity index (χ2n) is 4.79. The molecule has 2 N–H and O–H groups in total. The van der Waals surface area contributed by atoms with Crippen LogP contribution in [0.15, 0.2) is 36.4 Å². The molecule has 0 spiro atoms. The van der Waals surface area contributed by atoms with Crippen molar-refractivity contribution in [2.24, 2.45) is 0 Å². The summed E-state index contributed by atoms with van der Waals surface area (Å²) >= 11 is 12.2. The minimum atomic E-state index is 0.404. The summed E-state index contributed by atoms with van der Waals surface area (Å²) in [6.45, 7) is 4.37. The quantitative estimate of drug-likeness (QED) is 0.715. The molecule has 2 aromatic rings. The predicted molar refractivity (Wildman–Crippen MR) is 86.1 cm³/mol. The maximum absolute atomic E-state index is 6.10. The van der Waals surface area contributed by atoms with Gasteiger partial charge in [-0.1, -0.05) is 49.2 Å². The fraction of sp³-hybridized carbons (Fsp3) is 0.250. The average Bonchev–Trinajstić information content (AvgIpc) is 2.42. The highest BCUT2D eigenvalue weighted by molar-refractivity contribution is 6.37. The predicted octanol–water partition coefficient (Wildman–Crippen LogP) is 5.88. The molecule has 0 saturated heterocycles. The third kappa shape index (κ3) is 3.38. The Morgan fingerprint density at radius 1 is 1.10 bits per heavy atom. The van der Waals surface area contributed by atoms with Crippen LogP contribution in [0.1, 0.15) is 31.7 Å². The Bertz CT molecular complexity index is 573. The van der Waals surface area contributed by atoms with Crippen molar-refractivity contribution in [2.45, 2.75) is 26.2 Å². The highest BCUT2D eigenvalue weighted by Gasteiger charge is 2.10. The fourth-order valence-electron chi connectivity index (χ4n) is 1.89. The van der Waals surface area contributed by atoms with E-state index in [1.165, 1.54) is 5.56 Å². The minimum Gasteiger partial charge on any atom is -0.454 e. The summed E-state index contributed by atoms with van der Waals surface area (Å²) in [4.78, 5) is 0. The van der Waals surface area contributed by atoms with Crippen molar-refractivity contribution in [3.05, 3.63) is 52.0 Å². The van der Waals surface area contributed by atoms with E-state index in [4.69, 9.17) is 33.7 Å². The summed E-state index contributed by atoms with van der Waals surface area (Å²) in [6, 6.07) is 11.2. The molecule has 106 valence electrons. The Balaban J connectivity index is 2.23. The highest BCUT2D eigenvalue weighted by Crippen LogP contribution is 2.38. The van der Waals surface area contributed by atoms with Gasteiger partial charge in [-0.25, -0.2) is 0 Å². The second-order valence-corrected chi connectivity index (χ2v) is 5.61. The first kappa shape index (κ1) is 15.0. The molecule has 4 heteroatoms. The van der Waals surface area contributed by atoms with Gasteiger partial charge >= 0.3 is 0 Å². The smallest absolute Gasteiger partial charge is 0.164 e. The van der Waals surface area contributed by atoms with E-state index in [1.54, 1.807) is 12.1 Å². The summed E-state index contributed by atoms with van der Waals surface area (Å²) in [6.07, 6.45) is 1.11. The molecule has 0 amide bonds. The van der Waals surface area contributed by atoms with Crippen LogP contribution in [0.25, 0.3) is 0 Å². The van der Waals surface area contributed by atoms with Gasteiger partial charge in [0.1, 0.15) is 5.75 Å². The number of nitrogens with two attached hydrogens (primary N) is 1. The van der Waals surface area contributed by atoms with Crippen molar-refractivity contribution in [2.75, 3.05) is 5.73 Å². The first-order chi connectivity index (χ1) is 9.51. The summed E-state index contributed by atoms with van der Waals surface area (Å²) in [5.74, 6) is 1.66. The monoisotopic (exact) mass is 309 g/mol. The zero-order valence-electron chi connectivity index (χ0n) is 11.5. The van der Waals surface area contributed by atoms with Gasteiger partial charge in [-0.15, -0.1) is 0 Å². The van der Waals surface area contributed by atoms with E-state index in [-0.39, 0.29) is 0 Å². The number of anilines is 1. The van der Waals surface area contributed by atoms with Crippen LogP contribution in [0.5, 0.6) is 11.5 Å². The van der Waals surface area contributed by atoms with Crippen molar-refractivity contribution < 1.29 is 4.74 Å². The first-order valence-corrected chi connectivity index (χ1v) is 7.29. The maximum atomic E-state index is 6.10. The van der Waals surface area contributed by atoms with Gasteiger partial charge in [0, 0.05) is 5.69 Å². The van der Waals surface area contributed by atoms with E-state index in [1.807, 2.05) is 12.1 Å². The van der Waals surface area contributed by atoms with E-state index in [2.05, 4.69) is 26.0 Å².